The minimum atomic E-state index is -0.0461. The molecular formula is C19H20Cl2N2O. The molecule has 2 aromatic rings. The van der Waals surface area contributed by atoms with Crippen molar-refractivity contribution in [1.82, 2.24) is 10.6 Å². The van der Waals surface area contributed by atoms with Gasteiger partial charge in [0.15, 0.2) is 0 Å². The van der Waals surface area contributed by atoms with Gasteiger partial charge in [0.25, 0.3) is 5.91 Å². The molecule has 2 N–H and O–H groups in total. The van der Waals surface area contributed by atoms with Crippen LogP contribution < -0.4 is 10.6 Å². The third-order valence-corrected chi connectivity index (χ3v) is 5.15. The molecule has 0 saturated carbocycles. The smallest absolute Gasteiger partial charge is 0.251 e. The van der Waals surface area contributed by atoms with Crippen LogP contribution >= 0.6 is 23.2 Å². The fourth-order valence-corrected chi connectivity index (χ4v) is 3.31. The Kier molecular flexibility index (Phi) is 5.77. The van der Waals surface area contributed by atoms with Crippen molar-refractivity contribution < 1.29 is 4.79 Å². The highest BCUT2D eigenvalue weighted by Gasteiger charge is 2.17. The maximum Gasteiger partial charge on any atom is 0.251 e. The molecule has 24 heavy (non-hydrogen) atoms. The van der Waals surface area contributed by atoms with Gasteiger partial charge >= 0.3 is 0 Å². The maximum absolute atomic E-state index is 12.6. The minimum absolute atomic E-state index is 0.0461. The molecule has 3 rings (SSSR count). The molecule has 126 valence electrons. The van der Waals surface area contributed by atoms with E-state index in [1.165, 1.54) is 0 Å². The van der Waals surface area contributed by atoms with E-state index in [1.807, 2.05) is 30.3 Å². The van der Waals surface area contributed by atoms with Gasteiger partial charge in [0.1, 0.15) is 0 Å². The van der Waals surface area contributed by atoms with Crippen molar-refractivity contribution in [3.8, 4) is 11.1 Å². The maximum atomic E-state index is 12.6. The van der Waals surface area contributed by atoms with Crippen molar-refractivity contribution in [2.45, 2.75) is 12.8 Å². The lowest BCUT2D eigenvalue weighted by molar-refractivity contribution is 0.0945. The topological polar surface area (TPSA) is 41.1 Å². The van der Waals surface area contributed by atoms with Gasteiger partial charge < -0.3 is 10.6 Å². The molecule has 0 spiro atoms. The van der Waals surface area contributed by atoms with Gasteiger partial charge in [-0.25, -0.2) is 0 Å². The Morgan fingerprint density at radius 3 is 2.58 bits per heavy atom. The zero-order chi connectivity index (χ0) is 16.9. The van der Waals surface area contributed by atoms with Gasteiger partial charge in [-0.15, -0.1) is 0 Å². The Bertz CT molecular complexity index is 727. The summed E-state index contributed by atoms with van der Waals surface area (Å²) in [4.78, 5) is 12.6. The summed E-state index contributed by atoms with van der Waals surface area (Å²) < 4.78 is 0. The molecule has 3 nitrogen and oxygen atoms in total. The number of benzene rings is 2. The first kappa shape index (κ1) is 17.3. The van der Waals surface area contributed by atoms with E-state index in [0.29, 0.717) is 21.5 Å². The van der Waals surface area contributed by atoms with Crippen molar-refractivity contribution in [2.75, 3.05) is 19.6 Å². The van der Waals surface area contributed by atoms with Crippen molar-refractivity contribution in [3.63, 3.8) is 0 Å². The molecule has 1 heterocycles. The summed E-state index contributed by atoms with van der Waals surface area (Å²) in [6.07, 6.45) is 2.21. The minimum Gasteiger partial charge on any atom is -0.352 e. The predicted octanol–water partition coefficient (Wildman–Crippen LogP) is 4.39. The number of carbonyl (C=O) groups is 1. The average Bonchev–Trinajstić information content (AvgIpc) is 2.63. The van der Waals surface area contributed by atoms with Gasteiger partial charge in [-0.3, -0.25) is 4.79 Å². The lowest BCUT2D eigenvalue weighted by Gasteiger charge is -2.23. The van der Waals surface area contributed by atoms with Crippen LogP contribution in [-0.2, 0) is 0 Å². The molecule has 2 aromatic carbocycles. The Balaban J connectivity index is 1.77. The zero-order valence-electron chi connectivity index (χ0n) is 13.3. The number of hydrogen-bond donors (Lipinski definition) is 2. The van der Waals surface area contributed by atoms with E-state index in [9.17, 15) is 4.79 Å². The van der Waals surface area contributed by atoms with Crippen molar-refractivity contribution >= 4 is 29.1 Å². The molecule has 0 bridgehead atoms. The molecule has 1 fully saturated rings. The van der Waals surface area contributed by atoms with Crippen molar-refractivity contribution in [1.29, 1.82) is 0 Å². The van der Waals surface area contributed by atoms with Gasteiger partial charge in [0.2, 0.25) is 0 Å². The summed E-state index contributed by atoms with van der Waals surface area (Å²) in [6.45, 7) is 2.77. The van der Waals surface area contributed by atoms with Crippen LogP contribution in [-0.4, -0.2) is 25.5 Å². The van der Waals surface area contributed by atoms with E-state index in [4.69, 9.17) is 23.2 Å². The average molecular weight is 363 g/mol. The van der Waals surface area contributed by atoms with Crippen LogP contribution in [0.15, 0.2) is 42.5 Å². The van der Waals surface area contributed by atoms with E-state index >= 15 is 0 Å². The SMILES string of the molecule is O=C(NCC1CCNCC1)c1ccccc1-c1ccc(Cl)c(Cl)c1. The molecule has 0 radical (unpaired) electrons. The summed E-state index contributed by atoms with van der Waals surface area (Å²) in [7, 11) is 0. The lowest BCUT2D eigenvalue weighted by Crippen LogP contribution is -2.36. The normalized spacial score (nSPS) is 15.2. The highest BCUT2D eigenvalue weighted by molar-refractivity contribution is 6.42. The summed E-state index contributed by atoms with van der Waals surface area (Å²) in [5.74, 6) is 0.502. The van der Waals surface area contributed by atoms with Crippen LogP contribution in [0.4, 0.5) is 0 Å². The molecule has 1 amide bonds. The van der Waals surface area contributed by atoms with Gasteiger partial charge in [0.05, 0.1) is 10.0 Å². The number of amides is 1. The number of halogens is 2. The number of carbonyl (C=O) groups excluding carboxylic acids is 1. The fourth-order valence-electron chi connectivity index (χ4n) is 3.01. The van der Waals surface area contributed by atoms with E-state index < -0.39 is 0 Å². The van der Waals surface area contributed by atoms with Crippen LogP contribution in [0.25, 0.3) is 11.1 Å². The third-order valence-electron chi connectivity index (χ3n) is 4.41. The molecule has 0 unspecified atom stereocenters. The van der Waals surface area contributed by atoms with E-state index in [1.54, 1.807) is 12.1 Å². The summed E-state index contributed by atoms with van der Waals surface area (Å²) in [6, 6.07) is 13.0. The standard InChI is InChI=1S/C19H20Cl2N2O/c20-17-6-5-14(11-18(17)21)15-3-1-2-4-16(15)19(24)23-12-13-7-9-22-10-8-13/h1-6,11,13,22H,7-10,12H2,(H,23,24). The van der Waals surface area contributed by atoms with Crippen LogP contribution in [0.5, 0.6) is 0 Å². The van der Waals surface area contributed by atoms with Crippen LogP contribution in [0.3, 0.4) is 0 Å². The first-order valence-electron chi connectivity index (χ1n) is 8.18. The second-order valence-corrected chi connectivity index (χ2v) is 6.89. The number of piperidine rings is 1. The highest BCUT2D eigenvalue weighted by atomic mass is 35.5. The van der Waals surface area contributed by atoms with E-state index in [-0.39, 0.29) is 5.91 Å². The monoisotopic (exact) mass is 362 g/mol. The first-order chi connectivity index (χ1) is 11.6. The molecule has 1 aliphatic heterocycles. The molecule has 1 saturated heterocycles. The quantitative estimate of drug-likeness (QED) is 0.846. The van der Waals surface area contributed by atoms with Crippen molar-refractivity contribution in [2.24, 2.45) is 5.92 Å². The number of hydrogen-bond acceptors (Lipinski definition) is 2. The second-order valence-electron chi connectivity index (χ2n) is 6.08. The van der Waals surface area contributed by atoms with Crippen LogP contribution in [0.2, 0.25) is 10.0 Å². The first-order valence-corrected chi connectivity index (χ1v) is 8.94. The Hall–Kier alpha value is -1.55. The highest BCUT2D eigenvalue weighted by Crippen LogP contribution is 2.30. The number of nitrogens with one attached hydrogen (secondary N) is 2. The fraction of sp³-hybridized carbons (Fsp3) is 0.316. The molecule has 0 atom stereocenters. The molecule has 1 aliphatic rings. The van der Waals surface area contributed by atoms with Crippen molar-refractivity contribution in [3.05, 3.63) is 58.1 Å². The van der Waals surface area contributed by atoms with Gasteiger partial charge in [-0.2, -0.15) is 0 Å². The third kappa shape index (κ3) is 4.10. The molecule has 0 aliphatic carbocycles. The molecule has 5 heteroatoms. The molecule has 0 aromatic heterocycles. The van der Waals surface area contributed by atoms with E-state index in [2.05, 4.69) is 10.6 Å². The van der Waals surface area contributed by atoms with Gasteiger partial charge in [-0.1, -0.05) is 47.5 Å². The predicted molar refractivity (Wildman–Crippen MR) is 99.8 cm³/mol. The summed E-state index contributed by atoms with van der Waals surface area (Å²) in [5, 5.41) is 7.41. The lowest BCUT2D eigenvalue weighted by atomic mass is 9.97. The number of rotatable bonds is 4. The van der Waals surface area contributed by atoms with Gasteiger partial charge in [-0.05, 0) is 61.2 Å². The largest absolute Gasteiger partial charge is 0.352 e. The molecular weight excluding hydrogens is 343 g/mol. The summed E-state index contributed by atoms with van der Waals surface area (Å²) in [5.41, 5.74) is 2.40. The summed E-state index contributed by atoms with van der Waals surface area (Å²) >= 11 is 12.1. The van der Waals surface area contributed by atoms with Crippen LogP contribution in [0, 0.1) is 5.92 Å². The van der Waals surface area contributed by atoms with Gasteiger partial charge in [0, 0.05) is 12.1 Å². The zero-order valence-corrected chi connectivity index (χ0v) is 14.8. The Morgan fingerprint density at radius 2 is 1.83 bits per heavy atom. The Morgan fingerprint density at radius 1 is 1.08 bits per heavy atom. The van der Waals surface area contributed by atoms with Crippen LogP contribution in [0.1, 0.15) is 23.2 Å². The van der Waals surface area contributed by atoms with E-state index in [0.717, 1.165) is 43.6 Å². The second kappa shape index (κ2) is 8.02. The Labute approximate surface area is 152 Å².